The normalized spacial score (nSPS) is 15.2. The van der Waals surface area contributed by atoms with Crippen LogP contribution in [-0.4, -0.2) is 167 Å². The average molecular weight is 1220 g/mol. The molecule has 84 heavy (non-hydrogen) atoms. The molecule has 0 aromatic rings. The summed E-state index contributed by atoms with van der Waals surface area (Å²) in [5, 5.41) is 44.2. The average Bonchev–Trinajstić information content (AvgIpc) is 3.56. The van der Waals surface area contributed by atoms with Crippen molar-refractivity contribution in [2.24, 2.45) is 0 Å². The van der Waals surface area contributed by atoms with Gasteiger partial charge in [-0.05, 0) is 109 Å². The topological polar surface area (TPSA) is 120 Å². The molecule has 0 aromatic carbocycles. The second-order valence-corrected chi connectivity index (χ2v) is 28.3. The van der Waals surface area contributed by atoms with Crippen LogP contribution < -0.4 is 0 Å². The van der Waals surface area contributed by atoms with E-state index in [1.54, 1.807) is 0 Å². The van der Waals surface area contributed by atoms with Crippen molar-refractivity contribution in [3.8, 4) is 0 Å². The van der Waals surface area contributed by atoms with Crippen LogP contribution in [0, 0.1) is 0 Å². The summed E-state index contributed by atoms with van der Waals surface area (Å²) in [6.07, 6.45) is 59.7. The lowest BCUT2D eigenvalue weighted by Gasteiger charge is -2.34. The molecule has 0 spiro atoms. The van der Waals surface area contributed by atoms with Crippen molar-refractivity contribution >= 4 is 27.6 Å². The summed E-state index contributed by atoms with van der Waals surface area (Å²) in [5.41, 5.74) is 0. The molecule has 12 heteroatoms. The summed E-state index contributed by atoms with van der Waals surface area (Å²) in [6, 6.07) is 0. The maximum absolute atomic E-state index is 12.9. The van der Waals surface area contributed by atoms with Gasteiger partial charge in [-0.3, -0.25) is 24.4 Å². The van der Waals surface area contributed by atoms with Gasteiger partial charge in [0, 0.05) is 83.4 Å². The van der Waals surface area contributed by atoms with Gasteiger partial charge in [-0.25, -0.2) is 0 Å². The summed E-state index contributed by atoms with van der Waals surface area (Å²) < 4.78 is 5.75. The number of carbonyl (C=O) groups is 1. The summed E-state index contributed by atoms with van der Waals surface area (Å²) in [5.74, 6) is 2.10. The predicted molar refractivity (Wildman–Crippen MR) is 370 cm³/mol. The number of allylic oxidation sites excluding steroid dienone is 4. The van der Waals surface area contributed by atoms with E-state index in [0.717, 1.165) is 147 Å². The molecule has 1 heterocycles. The van der Waals surface area contributed by atoms with Crippen LogP contribution in [0.4, 0.5) is 0 Å². The van der Waals surface area contributed by atoms with Crippen LogP contribution >= 0.6 is 21.6 Å². The lowest BCUT2D eigenvalue weighted by Crippen LogP contribution is -2.47. The van der Waals surface area contributed by atoms with Crippen molar-refractivity contribution in [2.45, 2.75) is 335 Å². The summed E-state index contributed by atoms with van der Waals surface area (Å²) in [7, 11) is 3.98. The minimum Gasteiger partial charge on any atom is -0.464 e. The van der Waals surface area contributed by atoms with Crippen molar-refractivity contribution in [3.05, 3.63) is 24.3 Å². The first-order valence-electron chi connectivity index (χ1n) is 36.5. The molecule has 0 radical (unpaired) electrons. The first-order chi connectivity index (χ1) is 41.2. The monoisotopic (exact) mass is 1220 g/mol. The van der Waals surface area contributed by atoms with E-state index < -0.39 is 12.2 Å². The number of rotatable bonds is 66. The maximum atomic E-state index is 12.9. The molecule has 498 valence electrons. The van der Waals surface area contributed by atoms with Crippen molar-refractivity contribution in [2.75, 3.05) is 96.6 Å². The SMILES string of the molecule is CCCCCCCC/C=C\CCCCCC[C@@H](O)CN(CCCC(=O)OCCN1CCN(CCSSCCCCN(CC(O)CCCCCCCC)CC(O)CCCCCCCC)CC1)C[C@H](O)CCCCCC/C=C\CCCCCCCC. The number of unbranched alkanes of at least 4 members (excludes halogenated alkanes) is 31. The molecule has 0 bridgehead atoms. The summed E-state index contributed by atoms with van der Waals surface area (Å²) in [6.45, 7) is 19.5. The van der Waals surface area contributed by atoms with Gasteiger partial charge in [0.25, 0.3) is 0 Å². The molecule has 0 aliphatic carbocycles. The fourth-order valence-electron chi connectivity index (χ4n) is 11.8. The Morgan fingerprint density at radius 2 is 0.702 bits per heavy atom. The Morgan fingerprint density at radius 1 is 0.393 bits per heavy atom. The zero-order chi connectivity index (χ0) is 60.9. The molecule has 0 aromatic heterocycles. The second kappa shape index (κ2) is 63.9. The van der Waals surface area contributed by atoms with E-state index in [1.165, 1.54) is 180 Å². The van der Waals surface area contributed by atoms with Crippen LogP contribution in [0.25, 0.3) is 0 Å². The van der Waals surface area contributed by atoms with E-state index in [-0.39, 0.29) is 18.2 Å². The van der Waals surface area contributed by atoms with E-state index in [4.69, 9.17) is 4.74 Å². The van der Waals surface area contributed by atoms with Gasteiger partial charge >= 0.3 is 5.97 Å². The van der Waals surface area contributed by atoms with Crippen molar-refractivity contribution < 1.29 is 30.0 Å². The van der Waals surface area contributed by atoms with E-state index in [1.807, 2.05) is 21.6 Å². The highest BCUT2D eigenvalue weighted by Crippen LogP contribution is 2.23. The smallest absolute Gasteiger partial charge is 0.305 e. The third-order valence-corrected chi connectivity index (χ3v) is 19.7. The van der Waals surface area contributed by atoms with Gasteiger partial charge < -0.3 is 25.2 Å². The van der Waals surface area contributed by atoms with Crippen LogP contribution in [0.5, 0.6) is 0 Å². The van der Waals surface area contributed by atoms with Crippen molar-refractivity contribution in [1.82, 2.24) is 19.6 Å². The lowest BCUT2D eigenvalue weighted by atomic mass is 10.1. The lowest BCUT2D eigenvalue weighted by molar-refractivity contribution is -0.144. The van der Waals surface area contributed by atoms with Gasteiger partial charge in [0.15, 0.2) is 0 Å². The first kappa shape index (κ1) is 81.3. The summed E-state index contributed by atoms with van der Waals surface area (Å²) in [4.78, 5) is 22.5. The third kappa shape index (κ3) is 56.6. The van der Waals surface area contributed by atoms with Crippen LogP contribution in [0.3, 0.4) is 0 Å². The fourth-order valence-corrected chi connectivity index (χ4v) is 13.9. The number of aliphatic hydroxyl groups is 4. The molecule has 2 unspecified atom stereocenters. The Labute approximate surface area is 529 Å². The van der Waals surface area contributed by atoms with Crippen molar-refractivity contribution in [3.63, 3.8) is 0 Å². The van der Waals surface area contributed by atoms with Gasteiger partial charge in [-0.1, -0.05) is 253 Å². The van der Waals surface area contributed by atoms with Crippen LogP contribution in [0.15, 0.2) is 24.3 Å². The van der Waals surface area contributed by atoms with E-state index in [2.05, 4.69) is 71.6 Å². The van der Waals surface area contributed by atoms with Gasteiger partial charge in [0.1, 0.15) is 6.61 Å². The fraction of sp³-hybridized carbons (Fsp3) is 0.931. The number of hydrogen-bond donors (Lipinski definition) is 4. The van der Waals surface area contributed by atoms with E-state index in [9.17, 15) is 25.2 Å². The zero-order valence-corrected chi connectivity index (χ0v) is 57.7. The molecule has 0 saturated carbocycles. The van der Waals surface area contributed by atoms with E-state index in [0.29, 0.717) is 52.2 Å². The Morgan fingerprint density at radius 3 is 1.07 bits per heavy atom. The minimum absolute atomic E-state index is 0.147. The molecule has 1 saturated heterocycles. The number of carbonyl (C=O) groups excluding carboxylic acids is 1. The molecule has 10 nitrogen and oxygen atoms in total. The second-order valence-electron chi connectivity index (χ2n) is 25.6. The standard InChI is InChI=1S/C72H142N4O6S2/c1-5-9-13-17-21-23-25-27-29-31-33-35-39-43-50-70(79)66-76(67-71(80)51-44-40-36-34-32-30-28-26-24-22-18-14-10-6-2)54-47-52-72(81)82-61-59-73-55-57-74(58-56-73)60-63-84-83-62-46-45-53-75(64-68(77)48-41-37-19-15-11-7-3)65-69(78)49-42-38-20-16-12-8-4/h27-30,68-71,77-80H,5-26,31-67H2,1-4H3/b29-27-,30-28-/t68?,69?,70-,71-/m1/s1. The molecule has 1 aliphatic heterocycles. The minimum atomic E-state index is -0.427. The van der Waals surface area contributed by atoms with Gasteiger partial charge in [0.2, 0.25) is 0 Å². The molecule has 4 N–H and O–H groups in total. The maximum Gasteiger partial charge on any atom is 0.305 e. The van der Waals surface area contributed by atoms with Gasteiger partial charge in [-0.2, -0.15) is 0 Å². The van der Waals surface area contributed by atoms with Crippen molar-refractivity contribution in [1.29, 1.82) is 0 Å². The van der Waals surface area contributed by atoms with Crippen LogP contribution in [0.2, 0.25) is 0 Å². The molecule has 0 amide bonds. The Kier molecular flexibility index (Phi) is 61.9. The number of nitrogens with zero attached hydrogens (tertiary/aromatic N) is 4. The Bertz CT molecular complexity index is 1340. The Balaban J connectivity index is 2.39. The van der Waals surface area contributed by atoms with Crippen LogP contribution in [0.1, 0.15) is 310 Å². The quantitative estimate of drug-likeness (QED) is 0.0201. The Hall–Kier alpha value is -0.670. The van der Waals surface area contributed by atoms with Gasteiger partial charge in [-0.15, -0.1) is 0 Å². The summed E-state index contributed by atoms with van der Waals surface area (Å²) >= 11 is 0. The highest BCUT2D eigenvalue weighted by Gasteiger charge is 2.20. The molecule has 1 fully saturated rings. The van der Waals surface area contributed by atoms with E-state index >= 15 is 0 Å². The molecule has 1 rings (SSSR count). The number of ether oxygens (including phenoxy) is 1. The number of hydrogen-bond acceptors (Lipinski definition) is 12. The number of aliphatic hydroxyl groups excluding tert-OH is 4. The number of esters is 1. The first-order valence-corrected chi connectivity index (χ1v) is 39.0. The highest BCUT2D eigenvalue weighted by molar-refractivity contribution is 8.76. The highest BCUT2D eigenvalue weighted by atomic mass is 33.1. The number of piperazine rings is 1. The molecular weight excluding hydrogens is 1080 g/mol. The zero-order valence-electron chi connectivity index (χ0n) is 56.0. The molecule has 4 atom stereocenters. The van der Waals surface area contributed by atoms with Crippen LogP contribution in [-0.2, 0) is 9.53 Å². The molecular formula is C72H142N4O6S2. The third-order valence-electron chi connectivity index (χ3n) is 17.3. The predicted octanol–water partition coefficient (Wildman–Crippen LogP) is 17.9. The molecule has 1 aliphatic rings. The van der Waals surface area contributed by atoms with Gasteiger partial charge in [0.05, 0.1) is 24.4 Å². The largest absolute Gasteiger partial charge is 0.464 e.